The molecule has 0 aliphatic carbocycles. The first-order chi connectivity index (χ1) is 10.2. The molecule has 0 atom stereocenters. The smallest absolute Gasteiger partial charge is 0.348 e. The zero-order chi connectivity index (χ0) is 16.9. The van der Waals surface area contributed by atoms with Gasteiger partial charge in [0.1, 0.15) is 22.0 Å². The molecule has 0 saturated heterocycles. The fraction of sp³-hybridized carbons (Fsp3) is 0.600. The second kappa shape index (κ2) is 7.60. The van der Waals surface area contributed by atoms with Crippen LogP contribution >= 0.6 is 11.3 Å². The number of quaternary nitrogens is 1. The van der Waals surface area contributed by atoms with Crippen molar-refractivity contribution in [2.75, 3.05) is 18.9 Å². The van der Waals surface area contributed by atoms with Crippen LogP contribution in [0, 0.1) is 0 Å². The molecule has 0 spiro atoms. The highest BCUT2D eigenvalue weighted by Gasteiger charge is 2.29. The van der Waals surface area contributed by atoms with Crippen molar-refractivity contribution in [3.8, 4) is 0 Å². The van der Waals surface area contributed by atoms with Crippen LogP contribution in [0.3, 0.4) is 0 Å². The van der Waals surface area contributed by atoms with Gasteiger partial charge in [0.25, 0.3) is 0 Å². The third kappa shape index (κ3) is 4.71. The Kier molecular flexibility index (Phi) is 6.37. The lowest BCUT2D eigenvalue weighted by atomic mass is 10.1. The first-order valence-electron chi connectivity index (χ1n) is 7.31. The Bertz CT molecular complexity index is 546. The summed E-state index contributed by atoms with van der Waals surface area (Å²) in [6.45, 7) is 10.6. The normalized spacial score (nSPS) is 11.3. The van der Waals surface area contributed by atoms with E-state index in [4.69, 9.17) is 15.2 Å². The van der Waals surface area contributed by atoms with Crippen LogP contribution in [0.25, 0.3) is 0 Å². The minimum atomic E-state index is -0.496. The van der Waals surface area contributed by atoms with E-state index in [0.717, 1.165) is 11.3 Å². The first kappa shape index (κ1) is 18.4. The maximum atomic E-state index is 12.1. The largest absolute Gasteiger partial charge is 0.462 e. The predicted molar refractivity (Wildman–Crippen MR) is 86.0 cm³/mol. The topological polar surface area (TPSA) is 95.2 Å². The predicted octanol–water partition coefficient (Wildman–Crippen LogP) is 1.55. The quantitative estimate of drug-likeness (QED) is 0.772. The third-order valence-corrected chi connectivity index (χ3v) is 3.93. The summed E-state index contributed by atoms with van der Waals surface area (Å²) in [6, 6.07) is 0. The van der Waals surface area contributed by atoms with Gasteiger partial charge in [-0.15, -0.1) is 11.3 Å². The van der Waals surface area contributed by atoms with Crippen LogP contribution in [0.5, 0.6) is 0 Å². The van der Waals surface area contributed by atoms with Crippen molar-refractivity contribution in [3.63, 3.8) is 0 Å². The Balaban J connectivity index is 3.24. The molecule has 0 bridgehead atoms. The monoisotopic (exact) mass is 329 g/mol. The highest BCUT2D eigenvalue weighted by Crippen LogP contribution is 2.32. The summed E-state index contributed by atoms with van der Waals surface area (Å²) < 4.78 is 10.1. The zero-order valence-electron chi connectivity index (χ0n) is 13.8. The van der Waals surface area contributed by atoms with Gasteiger partial charge in [0.2, 0.25) is 0 Å². The van der Waals surface area contributed by atoms with E-state index in [1.165, 1.54) is 0 Å². The standard InChI is InChI=1S/C15H24N2O4S/c1-6-20-13(18)10-9(8-17-15(3,4)5)11(22-12(10)16)14(19)21-7-2/h17H,6-8,16H2,1-5H3/p+1. The summed E-state index contributed by atoms with van der Waals surface area (Å²) in [5, 5.41) is 2.33. The van der Waals surface area contributed by atoms with Crippen LogP contribution in [-0.2, 0) is 16.0 Å². The van der Waals surface area contributed by atoms with Crippen LogP contribution in [0.2, 0.25) is 0 Å². The van der Waals surface area contributed by atoms with E-state index in [1.807, 2.05) is 5.32 Å². The van der Waals surface area contributed by atoms with Crippen LogP contribution in [0.4, 0.5) is 5.00 Å². The van der Waals surface area contributed by atoms with Crippen molar-refractivity contribution in [2.24, 2.45) is 0 Å². The van der Waals surface area contributed by atoms with Crippen LogP contribution in [0.15, 0.2) is 0 Å². The Labute approximate surface area is 135 Å². The lowest BCUT2D eigenvalue weighted by Crippen LogP contribution is -2.93. The van der Waals surface area contributed by atoms with Crippen molar-refractivity contribution < 1.29 is 24.4 Å². The van der Waals surface area contributed by atoms with Crippen LogP contribution < -0.4 is 11.1 Å². The van der Waals surface area contributed by atoms with E-state index < -0.39 is 11.9 Å². The molecule has 1 aromatic heterocycles. The van der Waals surface area contributed by atoms with E-state index in [-0.39, 0.29) is 24.3 Å². The van der Waals surface area contributed by atoms with Crippen molar-refractivity contribution in [1.82, 2.24) is 0 Å². The molecule has 124 valence electrons. The van der Waals surface area contributed by atoms with E-state index in [9.17, 15) is 9.59 Å². The molecule has 0 amide bonds. The van der Waals surface area contributed by atoms with Crippen molar-refractivity contribution in [1.29, 1.82) is 0 Å². The van der Waals surface area contributed by atoms with Crippen molar-refractivity contribution >= 4 is 28.3 Å². The van der Waals surface area contributed by atoms with E-state index in [0.29, 0.717) is 22.0 Å². The maximum absolute atomic E-state index is 12.1. The molecular formula is C15H25N2O4S+. The summed E-state index contributed by atoms with van der Waals surface area (Å²) in [4.78, 5) is 24.6. The molecular weight excluding hydrogens is 304 g/mol. The van der Waals surface area contributed by atoms with Gasteiger partial charge in [-0.1, -0.05) is 0 Å². The summed E-state index contributed by atoms with van der Waals surface area (Å²) in [5.74, 6) is -0.948. The molecule has 0 aliphatic heterocycles. The second-order valence-corrected chi connectivity index (χ2v) is 6.92. The molecule has 6 nitrogen and oxygen atoms in total. The highest BCUT2D eigenvalue weighted by atomic mass is 32.1. The SMILES string of the molecule is CCOC(=O)c1sc(N)c(C(=O)OCC)c1C[NH2+]C(C)(C)C. The number of esters is 2. The molecule has 1 aromatic rings. The number of nitrogen functional groups attached to an aromatic ring is 1. The van der Waals surface area contributed by atoms with Crippen molar-refractivity contribution in [3.05, 3.63) is 16.0 Å². The number of carbonyl (C=O) groups excluding carboxylic acids is 2. The number of hydrogen-bond donors (Lipinski definition) is 2. The fourth-order valence-electron chi connectivity index (χ4n) is 1.88. The zero-order valence-corrected chi connectivity index (χ0v) is 14.6. The number of ether oxygens (including phenoxy) is 2. The molecule has 22 heavy (non-hydrogen) atoms. The second-order valence-electron chi connectivity index (χ2n) is 5.86. The van der Waals surface area contributed by atoms with Gasteiger partial charge in [0.05, 0.1) is 18.8 Å². The minimum absolute atomic E-state index is 0.0471. The van der Waals surface area contributed by atoms with E-state index in [2.05, 4.69) is 20.8 Å². The molecule has 0 radical (unpaired) electrons. The molecule has 1 heterocycles. The number of thiophene rings is 1. The van der Waals surface area contributed by atoms with E-state index in [1.54, 1.807) is 13.8 Å². The van der Waals surface area contributed by atoms with Gasteiger partial charge in [-0.3, -0.25) is 0 Å². The molecule has 1 rings (SSSR count). The molecule has 0 unspecified atom stereocenters. The Morgan fingerprint density at radius 2 is 1.68 bits per heavy atom. The molecule has 4 N–H and O–H groups in total. The lowest BCUT2D eigenvalue weighted by Gasteiger charge is -2.17. The number of carbonyl (C=O) groups is 2. The van der Waals surface area contributed by atoms with Gasteiger partial charge < -0.3 is 20.5 Å². The lowest BCUT2D eigenvalue weighted by molar-refractivity contribution is -0.731. The van der Waals surface area contributed by atoms with Gasteiger partial charge >= 0.3 is 11.9 Å². The number of nitrogens with two attached hydrogens (primary N) is 2. The maximum Gasteiger partial charge on any atom is 0.348 e. The minimum Gasteiger partial charge on any atom is -0.462 e. The fourth-order valence-corrected chi connectivity index (χ4v) is 2.86. The van der Waals surface area contributed by atoms with Gasteiger partial charge in [0.15, 0.2) is 0 Å². The summed E-state index contributed by atoms with van der Waals surface area (Å²) in [6.07, 6.45) is 0. The average molecular weight is 329 g/mol. The van der Waals surface area contributed by atoms with Crippen LogP contribution in [0.1, 0.15) is 60.2 Å². The van der Waals surface area contributed by atoms with Gasteiger partial charge in [-0.2, -0.15) is 0 Å². The Hall–Kier alpha value is -1.60. The van der Waals surface area contributed by atoms with Crippen LogP contribution in [-0.4, -0.2) is 30.7 Å². The molecule has 0 aromatic carbocycles. The molecule has 0 saturated carbocycles. The van der Waals surface area contributed by atoms with E-state index >= 15 is 0 Å². The molecule has 0 aliphatic rings. The number of anilines is 1. The van der Waals surface area contributed by atoms with Gasteiger partial charge in [-0.05, 0) is 34.6 Å². The third-order valence-electron chi connectivity index (χ3n) is 2.89. The Morgan fingerprint density at radius 3 is 2.18 bits per heavy atom. The molecule has 0 fully saturated rings. The summed E-state index contributed by atoms with van der Waals surface area (Å²) in [5.41, 5.74) is 6.77. The highest BCUT2D eigenvalue weighted by molar-refractivity contribution is 7.18. The first-order valence-corrected chi connectivity index (χ1v) is 8.12. The number of rotatable bonds is 6. The molecule has 7 heteroatoms. The number of hydrogen-bond acceptors (Lipinski definition) is 6. The Morgan fingerprint density at radius 1 is 1.14 bits per heavy atom. The summed E-state index contributed by atoms with van der Waals surface area (Å²) >= 11 is 1.08. The average Bonchev–Trinajstić information content (AvgIpc) is 2.73. The summed E-state index contributed by atoms with van der Waals surface area (Å²) in [7, 11) is 0. The van der Waals surface area contributed by atoms with Gasteiger partial charge in [-0.25, -0.2) is 9.59 Å². The van der Waals surface area contributed by atoms with Gasteiger partial charge in [0, 0.05) is 5.56 Å². The van der Waals surface area contributed by atoms with Crippen molar-refractivity contribution in [2.45, 2.75) is 46.7 Å².